The average Bonchev–Trinajstić information content (AvgIpc) is 3.73. The number of aliphatic carboxylic acids is 1. The molecule has 0 bridgehead atoms. The molecule has 0 aromatic rings. The lowest BCUT2D eigenvalue weighted by molar-refractivity contribution is -0.870. The first-order valence-electron chi connectivity index (χ1n) is 38.3. The Morgan fingerprint density at radius 1 is 0.333 bits per heavy atom. The lowest BCUT2D eigenvalue weighted by Crippen LogP contribution is -2.40. The van der Waals surface area contributed by atoms with E-state index in [1.54, 1.807) is 0 Å². The van der Waals surface area contributed by atoms with Crippen LogP contribution in [0.4, 0.5) is 0 Å². The number of hydrogen-bond acceptors (Lipinski definition) is 7. The molecule has 0 amide bonds. The molecule has 2 unspecified atom stereocenters. The lowest BCUT2D eigenvalue weighted by atomic mass is 10.0. The Morgan fingerprint density at radius 3 is 0.914 bits per heavy atom. The Labute approximate surface area is 573 Å². The standard InChI is InChI=1S/C84H143NO8/c1-6-8-10-12-14-16-18-20-22-24-26-28-30-32-34-36-38-39-40-41-42-43-45-47-49-51-53-55-57-59-61-63-65-67-69-71-73-75-82(87)93-80(79-92-84(83(88)89)90-77-76-85(3,4)5)78-91-81(86)74-72-70-68-66-64-62-60-58-56-54-52-50-48-46-44-37-35-33-31-29-27-25-23-21-19-17-15-13-11-9-7-2/h8,10,14,16,19-22,25-28,31-34,38-39,41-42,45,47,80,84H,6-7,9,11-13,15,17-18,23-24,29-30,35-37,40,43-44,46,48-79H2,1-5H3/p+1/b10-8-,16-14-,21-19-,22-20-,27-25-,28-26-,33-31-,34-32-,39-38-,42-41-,47-45-. The number of unbranched alkanes of at least 4 members (excludes halogenated alkanes) is 33. The van der Waals surface area contributed by atoms with Crippen molar-refractivity contribution in [2.75, 3.05) is 47.5 Å². The number of esters is 2. The maximum Gasteiger partial charge on any atom is 0.361 e. The molecular formula is C84H144NO8+. The van der Waals surface area contributed by atoms with Crippen molar-refractivity contribution in [3.8, 4) is 0 Å². The van der Waals surface area contributed by atoms with Crippen LogP contribution in [-0.4, -0.2) is 87.4 Å². The van der Waals surface area contributed by atoms with Crippen molar-refractivity contribution in [3.05, 3.63) is 134 Å². The Bertz CT molecular complexity index is 2000. The summed E-state index contributed by atoms with van der Waals surface area (Å²) in [4.78, 5) is 37.7. The molecule has 0 radical (unpaired) electrons. The minimum absolute atomic E-state index is 0.183. The fourth-order valence-corrected chi connectivity index (χ4v) is 10.6. The van der Waals surface area contributed by atoms with Crippen molar-refractivity contribution in [3.63, 3.8) is 0 Å². The molecule has 93 heavy (non-hydrogen) atoms. The highest BCUT2D eigenvalue weighted by atomic mass is 16.7. The van der Waals surface area contributed by atoms with E-state index in [9.17, 15) is 19.5 Å². The van der Waals surface area contributed by atoms with Crippen LogP contribution in [0.1, 0.15) is 322 Å². The van der Waals surface area contributed by atoms with Crippen LogP contribution >= 0.6 is 0 Å². The van der Waals surface area contributed by atoms with E-state index in [0.717, 1.165) is 103 Å². The fraction of sp³-hybridized carbons (Fsp3) is 0.702. The highest BCUT2D eigenvalue weighted by molar-refractivity contribution is 5.71. The number of hydrogen-bond donors (Lipinski definition) is 1. The summed E-state index contributed by atoms with van der Waals surface area (Å²) in [5.41, 5.74) is 0. The third kappa shape index (κ3) is 74.7. The first-order valence-corrected chi connectivity index (χ1v) is 38.3. The molecule has 0 aromatic heterocycles. The molecule has 0 heterocycles. The predicted octanol–water partition coefficient (Wildman–Crippen LogP) is 24.5. The van der Waals surface area contributed by atoms with Gasteiger partial charge in [0.1, 0.15) is 13.2 Å². The van der Waals surface area contributed by atoms with E-state index in [4.69, 9.17) is 18.9 Å². The number of rotatable bonds is 70. The second-order valence-corrected chi connectivity index (χ2v) is 26.6. The van der Waals surface area contributed by atoms with Gasteiger partial charge in [-0.1, -0.05) is 327 Å². The summed E-state index contributed by atoms with van der Waals surface area (Å²) in [6.45, 7) is 4.77. The number of carbonyl (C=O) groups excluding carboxylic acids is 2. The van der Waals surface area contributed by atoms with Gasteiger partial charge in [0.25, 0.3) is 6.29 Å². The van der Waals surface area contributed by atoms with Gasteiger partial charge in [-0.2, -0.15) is 0 Å². The van der Waals surface area contributed by atoms with Gasteiger partial charge in [-0.05, 0) is 116 Å². The van der Waals surface area contributed by atoms with Gasteiger partial charge in [0.15, 0.2) is 6.10 Å². The second kappa shape index (κ2) is 73.2. The van der Waals surface area contributed by atoms with Crippen molar-refractivity contribution in [2.24, 2.45) is 0 Å². The Balaban J connectivity index is 4.10. The molecule has 0 spiro atoms. The first kappa shape index (κ1) is 88.4. The summed E-state index contributed by atoms with van der Waals surface area (Å²) in [5.74, 6) is -2.00. The zero-order valence-electron chi connectivity index (χ0n) is 60.9. The molecule has 0 rings (SSSR count). The summed E-state index contributed by atoms with van der Waals surface area (Å²) in [5, 5.41) is 9.77. The summed E-state index contributed by atoms with van der Waals surface area (Å²) >= 11 is 0. The third-order valence-corrected chi connectivity index (χ3v) is 16.4. The number of allylic oxidation sites excluding steroid dienone is 22. The van der Waals surface area contributed by atoms with E-state index in [1.807, 2.05) is 21.1 Å². The molecule has 0 aliphatic heterocycles. The number of carboxylic acids is 1. The lowest BCUT2D eigenvalue weighted by Gasteiger charge is -2.25. The minimum Gasteiger partial charge on any atom is -0.477 e. The topological polar surface area (TPSA) is 108 Å². The van der Waals surface area contributed by atoms with Crippen LogP contribution in [0.2, 0.25) is 0 Å². The van der Waals surface area contributed by atoms with E-state index in [0.29, 0.717) is 23.9 Å². The maximum absolute atomic E-state index is 13.0. The van der Waals surface area contributed by atoms with Crippen LogP contribution in [0.3, 0.4) is 0 Å². The second-order valence-electron chi connectivity index (χ2n) is 26.6. The van der Waals surface area contributed by atoms with Crippen molar-refractivity contribution < 1.29 is 42.9 Å². The molecule has 0 aliphatic carbocycles. The Hall–Kier alpha value is -4.57. The summed E-state index contributed by atoms with van der Waals surface area (Å²) in [6.07, 6.45) is 103. The molecular weight excluding hydrogens is 1150 g/mol. The van der Waals surface area contributed by atoms with Crippen LogP contribution < -0.4 is 0 Å². The van der Waals surface area contributed by atoms with Crippen LogP contribution in [0, 0.1) is 0 Å². The molecule has 1 N–H and O–H groups in total. The van der Waals surface area contributed by atoms with Crippen LogP contribution in [0.15, 0.2) is 134 Å². The molecule has 9 nitrogen and oxygen atoms in total. The molecule has 2 atom stereocenters. The van der Waals surface area contributed by atoms with Crippen LogP contribution in [0.5, 0.6) is 0 Å². The van der Waals surface area contributed by atoms with Gasteiger partial charge >= 0.3 is 17.9 Å². The summed E-state index contributed by atoms with van der Waals surface area (Å²) in [6, 6.07) is 0. The monoisotopic (exact) mass is 1300 g/mol. The van der Waals surface area contributed by atoms with Gasteiger partial charge in [0, 0.05) is 12.8 Å². The van der Waals surface area contributed by atoms with E-state index in [-0.39, 0.29) is 32.2 Å². The molecule has 0 aliphatic rings. The first-order chi connectivity index (χ1) is 45.6. The quantitative estimate of drug-likeness (QED) is 0.0211. The van der Waals surface area contributed by atoms with E-state index >= 15 is 0 Å². The van der Waals surface area contributed by atoms with Crippen molar-refractivity contribution in [1.29, 1.82) is 0 Å². The maximum atomic E-state index is 13.0. The van der Waals surface area contributed by atoms with Gasteiger partial charge in [-0.3, -0.25) is 9.59 Å². The Morgan fingerprint density at radius 2 is 0.613 bits per heavy atom. The minimum atomic E-state index is -1.52. The third-order valence-electron chi connectivity index (χ3n) is 16.4. The number of likely N-dealkylation sites (N-methyl/N-ethyl adjacent to an activating group) is 1. The van der Waals surface area contributed by atoms with Gasteiger partial charge in [-0.25, -0.2) is 4.79 Å². The number of ether oxygens (including phenoxy) is 4. The zero-order chi connectivity index (χ0) is 67.5. The summed E-state index contributed by atoms with van der Waals surface area (Å²) in [7, 11) is 5.98. The largest absolute Gasteiger partial charge is 0.477 e. The SMILES string of the molecule is CC/C=C\C/C=C\C/C=C\C/C=C\C/C=C\C/C=C\C/C=C\C/C=C\CCCCCCCCCCCCCCC(=O)OC(COC(=O)CCCCCCCCCCCCCCCCCC/C=C\C/C=C\C/C=C\CCCCCCC)COC(OCC[N+](C)(C)C)C(=O)O. The highest BCUT2D eigenvalue weighted by Crippen LogP contribution is 2.18. The summed E-state index contributed by atoms with van der Waals surface area (Å²) < 4.78 is 23.0. The molecule has 9 heteroatoms. The molecule has 532 valence electrons. The molecule has 0 saturated heterocycles. The van der Waals surface area contributed by atoms with Crippen LogP contribution in [-0.2, 0) is 33.3 Å². The van der Waals surface area contributed by atoms with Crippen molar-refractivity contribution in [1.82, 2.24) is 0 Å². The number of carboxylic acid groups (broad SMARTS) is 1. The molecule has 0 saturated carbocycles. The zero-order valence-corrected chi connectivity index (χ0v) is 60.9. The van der Waals surface area contributed by atoms with Crippen molar-refractivity contribution in [2.45, 2.75) is 334 Å². The fourth-order valence-electron chi connectivity index (χ4n) is 10.6. The smallest absolute Gasteiger partial charge is 0.361 e. The van der Waals surface area contributed by atoms with Gasteiger partial charge in [0.2, 0.25) is 0 Å². The number of nitrogens with zero attached hydrogens (tertiary/aromatic N) is 1. The normalized spacial score (nSPS) is 13.4. The van der Waals surface area contributed by atoms with Crippen molar-refractivity contribution >= 4 is 17.9 Å². The Kier molecular flexibility index (Phi) is 69.6. The van der Waals surface area contributed by atoms with Gasteiger partial charge in [-0.15, -0.1) is 0 Å². The van der Waals surface area contributed by atoms with Gasteiger partial charge < -0.3 is 28.5 Å². The van der Waals surface area contributed by atoms with E-state index in [1.165, 1.54) is 186 Å². The highest BCUT2D eigenvalue weighted by Gasteiger charge is 2.25. The molecule has 0 aromatic carbocycles. The van der Waals surface area contributed by atoms with Gasteiger partial charge in [0.05, 0.1) is 34.4 Å². The predicted molar refractivity (Wildman–Crippen MR) is 401 cm³/mol. The average molecular weight is 1300 g/mol. The van der Waals surface area contributed by atoms with E-state index < -0.39 is 24.3 Å². The number of carbonyl (C=O) groups is 3. The number of quaternary nitrogens is 1. The molecule has 0 fully saturated rings. The van der Waals surface area contributed by atoms with Crippen LogP contribution in [0.25, 0.3) is 0 Å². The van der Waals surface area contributed by atoms with E-state index in [2.05, 4.69) is 148 Å².